The minimum Gasteiger partial charge on any atom is -0.299 e. The van der Waals surface area contributed by atoms with Gasteiger partial charge in [-0.2, -0.15) is 0 Å². The molecule has 2 heteroatoms. The Bertz CT molecular complexity index is 929. The van der Waals surface area contributed by atoms with Crippen molar-refractivity contribution in [1.29, 1.82) is 0 Å². The third-order valence-electron chi connectivity index (χ3n) is 9.47. The van der Waals surface area contributed by atoms with Gasteiger partial charge in [0.1, 0.15) is 5.78 Å². The van der Waals surface area contributed by atoms with Crippen LogP contribution in [0.1, 0.15) is 68.9 Å². The number of piperidine rings is 1. The number of hydrogen-bond acceptors (Lipinski definition) is 2. The van der Waals surface area contributed by atoms with Crippen molar-refractivity contribution >= 4 is 5.78 Å². The summed E-state index contributed by atoms with van der Waals surface area (Å²) in [6, 6.07) is 22.0. The Morgan fingerprint density at radius 1 is 0.844 bits per heavy atom. The molecule has 0 spiro atoms. The fraction of sp³-hybridized carbons (Fsp3) is 0.567. The normalized spacial score (nSPS) is 34.6. The van der Waals surface area contributed by atoms with E-state index < -0.39 is 0 Å². The van der Waals surface area contributed by atoms with Gasteiger partial charge >= 0.3 is 0 Å². The van der Waals surface area contributed by atoms with Crippen LogP contribution in [0.4, 0.5) is 0 Å². The summed E-state index contributed by atoms with van der Waals surface area (Å²) in [5.74, 6) is 2.77. The maximum Gasteiger partial charge on any atom is 0.139 e. The molecule has 0 radical (unpaired) electrons. The SMILES string of the molecule is O=C(CC1CCN(Cc2ccccc2)CC1)C12CC3CC(C1)CC(c1ccccc1)(C3)C2. The highest BCUT2D eigenvalue weighted by Gasteiger charge is 2.60. The molecule has 4 bridgehead atoms. The van der Waals surface area contributed by atoms with Crippen molar-refractivity contribution in [3.63, 3.8) is 0 Å². The van der Waals surface area contributed by atoms with Crippen LogP contribution in [0.3, 0.4) is 0 Å². The second-order valence-electron chi connectivity index (χ2n) is 11.7. The number of ketones is 1. The third kappa shape index (κ3) is 3.75. The van der Waals surface area contributed by atoms with Gasteiger partial charge in [0, 0.05) is 18.4 Å². The standard InChI is InChI=1S/C30H37NO/c32-28(16-23-11-13-31(14-12-23)21-24-7-3-1-4-8-24)30-19-25-15-26(20-30)18-29(17-25,22-30)27-9-5-2-6-10-27/h1-10,23,25-26H,11-22H2. The molecule has 5 aliphatic rings. The van der Waals surface area contributed by atoms with Crippen molar-refractivity contribution in [3.05, 3.63) is 71.8 Å². The summed E-state index contributed by atoms with van der Waals surface area (Å²) in [6.45, 7) is 3.33. The van der Waals surface area contributed by atoms with E-state index in [1.165, 1.54) is 56.1 Å². The first kappa shape index (κ1) is 20.7. The Labute approximate surface area is 193 Å². The fourth-order valence-electron chi connectivity index (χ4n) is 8.39. The molecule has 1 aliphatic heterocycles. The lowest BCUT2D eigenvalue weighted by atomic mass is 9.42. The number of nitrogens with zero attached hydrogens (tertiary/aromatic N) is 1. The second kappa shape index (κ2) is 8.13. The van der Waals surface area contributed by atoms with E-state index in [1.54, 1.807) is 0 Å². The van der Waals surface area contributed by atoms with Crippen LogP contribution >= 0.6 is 0 Å². The monoisotopic (exact) mass is 427 g/mol. The first-order chi connectivity index (χ1) is 15.6. The van der Waals surface area contributed by atoms with Crippen LogP contribution in [0.15, 0.2) is 60.7 Å². The van der Waals surface area contributed by atoms with Crippen LogP contribution in [0.25, 0.3) is 0 Å². The van der Waals surface area contributed by atoms with Crippen LogP contribution in [0.5, 0.6) is 0 Å². The van der Waals surface area contributed by atoms with Crippen molar-refractivity contribution in [3.8, 4) is 0 Å². The molecule has 32 heavy (non-hydrogen) atoms. The molecule has 168 valence electrons. The summed E-state index contributed by atoms with van der Waals surface area (Å²) in [7, 11) is 0. The van der Waals surface area contributed by atoms with Gasteiger partial charge in [0.05, 0.1) is 0 Å². The minimum absolute atomic E-state index is 0.0128. The Morgan fingerprint density at radius 2 is 1.47 bits per heavy atom. The lowest BCUT2D eigenvalue weighted by Crippen LogP contribution is -2.57. The predicted octanol–water partition coefficient (Wildman–Crippen LogP) is 6.40. The van der Waals surface area contributed by atoms with Crippen LogP contribution in [-0.4, -0.2) is 23.8 Å². The highest BCUT2D eigenvalue weighted by atomic mass is 16.1. The smallest absolute Gasteiger partial charge is 0.139 e. The van der Waals surface area contributed by atoms with Gasteiger partial charge < -0.3 is 0 Å². The third-order valence-corrected chi connectivity index (χ3v) is 9.47. The summed E-state index contributed by atoms with van der Waals surface area (Å²) in [6.07, 6.45) is 10.7. The first-order valence-electron chi connectivity index (χ1n) is 13.0. The maximum atomic E-state index is 13.9. The molecule has 4 saturated carbocycles. The van der Waals surface area contributed by atoms with Crippen molar-refractivity contribution in [1.82, 2.24) is 4.90 Å². The number of hydrogen-bond donors (Lipinski definition) is 0. The fourth-order valence-corrected chi connectivity index (χ4v) is 8.39. The summed E-state index contributed by atoms with van der Waals surface area (Å²) >= 11 is 0. The van der Waals surface area contributed by atoms with Gasteiger partial charge in [0.15, 0.2) is 0 Å². The number of Topliss-reactive ketones (excluding diaryl/α,β-unsaturated/α-hetero) is 1. The molecule has 2 atom stereocenters. The second-order valence-corrected chi connectivity index (χ2v) is 11.7. The predicted molar refractivity (Wildman–Crippen MR) is 129 cm³/mol. The van der Waals surface area contributed by atoms with Crippen LogP contribution in [0, 0.1) is 23.2 Å². The molecule has 2 aromatic rings. The van der Waals surface area contributed by atoms with Crippen molar-refractivity contribution in [2.75, 3.05) is 13.1 Å². The van der Waals surface area contributed by atoms with Gasteiger partial charge in [-0.15, -0.1) is 0 Å². The number of likely N-dealkylation sites (tertiary alicyclic amines) is 1. The zero-order valence-corrected chi connectivity index (χ0v) is 19.3. The quantitative estimate of drug-likeness (QED) is 0.532. The molecule has 4 aliphatic carbocycles. The zero-order valence-electron chi connectivity index (χ0n) is 19.3. The summed E-state index contributed by atoms with van der Waals surface area (Å²) < 4.78 is 0. The van der Waals surface area contributed by atoms with Gasteiger partial charge in [-0.25, -0.2) is 0 Å². The Morgan fingerprint density at radius 3 is 2.12 bits per heavy atom. The van der Waals surface area contributed by atoms with Gasteiger partial charge in [0.25, 0.3) is 0 Å². The molecule has 0 N–H and O–H groups in total. The Kier molecular flexibility index (Phi) is 5.25. The first-order valence-corrected chi connectivity index (χ1v) is 13.0. The molecular formula is C30H37NO. The van der Waals surface area contributed by atoms with E-state index in [1.807, 2.05) is 0 Å². The summed E-state index contributed by atoms with van der Waals surface area (Å²) in [5.41, 5.74) is 3.18. The Hall–Kier alpha value is -1.93. The topological polar surface area (TPSA) is 20.3 Å². The minimum atomic E-state index is -0.0128. The van der Waals surface area contributed by atoms with E-state index >= 15 is 0 Å². The molecule has 0 aromatic heterocycles. The molecular weight excluding hydrogens is 390 g/mol. The lowest BCUT2D eigenvalue weighted by Gasteiger charge is -2.62. The summed E-state index contributed by atoms with van der Waals surface area (Å²) in [5, 5.41) is 0. The van der Waals surface area contributed by atoms with Gasteiger partial charge in [0.2, 0.25) is 0 Å². The van der Waals surface area contributed by atoms with Gasteiger partial charge in [-0.3, -0.25) is 9.69 Å². The molecule has 2 aromatic carbocycles. The Balaban J connectivity index is 1.12. The number of carbonyl (C=O) groups is 1. The molecule has 2 unspecified atom stereocenters. The molecule has 7 rings (SSSR count). The van der Waals surface area contributed by atoms with Crippen molar-refractivity contribution in [2.45, 2.75) is 69.7 Å². The largest absolute Gasteiger partial charge is 0.299 e. The van der Waals surface area contributed by atoms with E-state index in [0.717, 1.165) is 44.3 Å². The van der Waals surface area contributed by atoms with Crippen LogP contribution < -0.4 is 0 Å². The van der Waals surface area contributed by atoms with Gasteiger partial charge in [-0.1, -0.05) is 60.7 Å². The van der Waals surface area contributed by atoms with E-state index in [-0.39, 0.29) is 10.8 Å². The molecule has 1 saturated heterocycles. The van der Waals surface area contributed by atoms with Crippen molar-refractivity contribution < 1.29 is 4.79 Å². The average Bonchev–Trinajstić information content (AvgIpc) is 2.81. The van der Waals surface area contributed by atoms with E-state index in [9.17, 15) is 4.79 Å². The highest BCUT2D eigenvalue weighted by molar-refractivity contribution is 5.86. The van der Waals surface area contributed by atoms with E-state index in [0.29, 0.717) is 11.7 Å². The number of benzene rings is 2. The van der Waals surface area contributed by atoms with Crippen LogP contribution in [0.2, 0.25) is 0 Å². The zero-order chi connectivity index (χ0) is 21.6. The highest BCUT2D eigenvalue weighted by Crippen LogP contribution is 2.66. The molecule has 0 amide bonds. The molecule has 1 heterocycles. The van der Waals surface area contributed by atoms with Gasteiger partial charge in [-0.05, 0) is 98.8 Å². The average molecular weight is 428 g/mol. The van der Waals surface area contributed by atoms with Crippen molar-refractivity contribution in [2.24, 2.45) is 23.2 Å². The van der Waals surface area contributed by atoms with E-state index in [2.05, 4.69) is 65.6 Å². The maximum absolute atomic E-state index is 13.9. The number of rotatable bonds is 6. The lowest BCUT2D eigenvalue weighted by molar-refractivity contribution is -0.148. The molecule has 2 nitrogen and oxygen atoms in total. The summed E-state index contributed by atoms with van der Waals surface area (Å²) in [4.78, 5) is 16.5. The number of carbonyl (C=O) groups excluding carboxylic acids is 1. The molecule has 5 fully saturated rings. The van der Waals surface area contributed by atoms with Crippen LogP contribution in [-0.2, 0) is 16.8 Å². The van der Waals surface area contributed by atoms with E-state index in [4.69, 9.17) is 0 Å².